The summed E-state index contributed by atoms with van der Waals surface area (Å²) in [5.41, 5.74) is 0.444. The van der Waals surface area contributed by atoms with Crippen molar-refractivity contribution in [1.29, 1.82) is 0 Å². The van der Waals surface area contributed by atoms with Crippen molar-refractivity contribution in [3.8, 4) is 0 Å². The molecule has 0 aliphatic heterocycles. The Balaban J connectivity index is 3.45. The van der Waals surface area contributed by atoms with Gasteiger partial charge in [-0.2, -0.15) is 0 Å². The van der Waals surface area contributed by atoms with Crippen LogP contribution in [0.4, 0.5) is 0 Å². The van der Waals surface area contributed by atoms with Crippen LogP contribution in [-0.4, -0.2) is 41.9 Å². The van der Waals surface area contributed by atoms with Crippen molar-refractivity contribution in [3.05, 3.63) is 59.3 Å². The molecule has 0 aromatic carbocycles. The molecule has 0 aromatic heterocycles. The normalized spacial score (nSPS) is 29.8. The molecule has 0 aromatic rings. The van der Waals surface area contributed by atoms with Crippen LogP contribution >= 0.6 is 0 Å². The van der Waals surface area contributed by atoms with E-state index in [1.807, 2.05) is 12.2 Å². The van der Waals surface area contributed by atoms with Crippen molar-refractivity contribution in [2.24, 2.45) is 10.6 Å². The molecule has 0 heterocycles. The average Bonchev–Trinajstić information content (AvgIpc) is 2.69. The maximum absolute atomic E-state index is 12.8. The lowest BCUT2D eigenvalue weighted by Gasteiger charge is -2.29. The number of ketones is 1. The van der Waals surface area contributed by atoms with E-state index >= 15 is 0 Å². The quantitative estimate of drug-likeness (QED) is 0.196. The molecule has 1 aliphatic rings. The Kier molecular flexibility index (Phi) is 10.5. The summed E-state index contributed by atoms with van der Waals surface area (Å²) in [6, 6.07) is 0. The largest absolute Gasteiger partial charge is 0.452 e. The number of carbonyl (C=O) groups is 2. The third-order valence-corrected chi connectivity index (χ3v) is 5.11. The van der Waals surface area contributed by atoms with Crippen LogP contribution in [0, 0.1) is 5.41 Å². The van der Waals surface area contributed by atoms with Crippen LogP contribution in [0.2, 0.25) is 0 Å². The molecule has 1 N–H and O–H groups in total. The van der Waals surface area contributed by atoms with Gasteiger partial charge in [0.05, 0.1) is 6.21 Å². The lowest BCUT2D eigenvalue weighted by Crippen LogP contribution is -2.39. The first-order chi connectivity index (χ1) is 14.9. The third-order valence-electron chi connectivity index (χ3n) is 5.11. The molecule has 0 bridgehead atoms. The minimum absolute atomic E-state index is 0.325. The van der Waals surface area contributed by atoms with E-state index in [0.29, 0.717) is 12.0 Å². The zero-order valence-corrected chi connectivity index (χ0v) is 20.3. The fourth-order valence-corrected chi connectivity index (χ4v) is 3.12. The fourth-order valence-electron chi connectivity index (χ4n) is 3.12. The van der Waals surface area contributed by atoms with Crippen molar-refractivity contribution in [3.63, 3.8) is 0 Å². The first-order valence-electron chi connectivity index (χ1n) is 10.8. The predicted octanol–water partition coefficient (Wildman–Crippen LogP) is 5.01. The molecule has 0 saturated heterocycles. The van der Waals surface area contributed by atoms with E-state index in [-0.39, 0.29) is 11.2 Å². The van der Waals surface area contributed by atoms with Crippen LogP contribution in [0.3, 0.4) is 0 Å². The summed E-state index contributed by atoms with van der Waals surface area (Å²) in [4.78, 5) is 29.8. The van der Waals surface area contributed by atoms with Gasteiger partial charge in [-0.05, 0) is 77.5 Å². The van der Waals surface area contributed by atoms with Crippen molar-refractivity contribution in [1.82, 2.24) is 0 Å². The molecule has 0 spiro atoms. The first-order valence-corrected chi connectivity index (χ1v) is 10.8. The molecule has 6 heteroatoms. The summed E-state index contributed by atoms with van der Waals surface area (Å²) in [7, 11) is 1.41. The van der Waals surface area contributed by atoms with Gasteiger partial charge < -0.3 is 14.7 Å². The van der Waals surface area contributed by atoms with Gasteiger partial charge in [-0.1, -0.05) is 41.5 Å². The Hall–Kier alpha value is -2.73. The van der Waals surface area contributed by atoms with Crippen LogP contribution in [-0.2, 0) is 19.2 Å². The highest BCUT2D eigenvalue weighted by Crippen LogP contribution is 2.33. The van der Waals surface area contributed by atoms with Gasteiger partial charge >= 0.3 is 5.97 Å². The van der Waals surface area contributed by atoms with Crippen LogP contribution < -0.4 is 0 Å². The Labute approximate surface area is 192 Å². The van der Waals surface area contributed by atoms with Crippen molar-refractivity contribution in [2.45, 2.75) is 72.5 Å². The summed E-state index contributed by atoms with van der Waals surface area (Å²) < 4.78 is 5.56. The van der Waals surface area contributed by atoms with Gasteiger partial charge in [-0.25, -0.2) is 4.79 Å². The van der Waals surface area contributed by atoms with Gasteiger partial charge in [0.2, 0.25) is 0 Å². The molecular formula is C26H37NO5. The van der Waals surface area contributed by atoms with E-state index in [4.69, 9.17) is 9.57 Å². The predicted molar refractivity (Wildman–Crippen MR) is 128 cm³/mol. The van der Waals surface area contributed by atoms with Gasteiger partial charge in [0.25, 0.3) is 0 Å². The van der Waals surface area contributed by atoms with Gasteiger partial charge in [-0.3, -0.25) is 4.79 Å². The molecule has 1 rings (SSSR count). The number of nitrogens with zero attached hydrogens (tertiary/aromatic N) is 1. The number of ether oxygens (including phenoxy) is 1. The zero-order valence-electron chi connectivity index (χ0n) is 20.3. The highest BCUT2D eigenvalue weighted by atomic mass is 16.6. The molecule has 32 heavy (non-hydrogen) atoms. The number of hydrogen-bond acceptors (Lipinski definition) is 6. The number of oxime groups is 1. The topological polar surface area (TPSA) is 85.2 Å². The second-order valence-electron chi connectivity index (χ2n) is 9.12. The van der Waals surface area contributed by atoms with Crippen LogP contribution in [0.25, 0.3) is 0 Å². The lowest BCUT2D eigenvalue weighted by atomic mass is 9.80. The number of carbonyl (C=O) groups excluding carboxylic acids is 2. The van der Waals surface area contributed by atoms with E-state index < -0.39 is 17.7 Å². The molecule has 176 valence electrons. The van der Waals surface area contributed by atoms with Gasteiger partial charge in [-0.15, -0.1) is 0 Å². The maximum atomic E-state index is 12.8. The first kappa shape index (κ1) is 27.3. The lowest BCUT2D eigenvalue weighted by molar-refractivity contribution is -0.148. The number of rotatable bonds is 7. The van der Waals surface area contributed by atoms with Crippen LogP contribution in [0.15, 0.2) is 64.4 Å². The second-order valence-corrected chi connectivity index (χ2v) is 9.12. The van der Waals surface area contributed by atoms with E-state index in [0.717, 1.165) is 18.4 Å². The molecule has 0 unspecified atom stereocenters. The maximum Gasteiger partial charge on any atom is 0.331 e. The van der Waals surface area contributed by atoms with Gasteiger partial charge in [0.1, 0.15) is 12.7 Å². The number of aliphatic hydroxyl groups is 1. The minimum atomic E-state index is -1.59. The van der Waals surface area contributed by atoms with Gasteiger partial charge in [0, 0.05) is 11.6 Å². The molecule has 0 fully saturated rings. The molecule has 6 nitrogen and oxygen atoms in total. The summed E-state index contributed by atoms with van der Waals surface area (Å²) in [6.45, 7) is 11.3. The Morgan fingerprint density at radius 2 is 1.91 bits per heavy atom. The Bertz CT molecular complexity index is 849. The standard InChI is InChI=1S/C26H37NO5/c1-19(2)9-8-13-25(5)14-10-21(18-27-31-7)22(28)11-16-26(6,30)23(12-15-25)32-24(29)17-20(3)4/h9-12,15-18,23,30H,8,13-14H2,1-7H3/b15-12+,16-11+,21-10-,27-18+/t23-,25+,26-/m1/s1. The fraction of sp³-hybridized carbons (Fsp3) is 0.500. The summed E-state index contributed by atoms with van der Waals surface area (Å²) >= 11 is 0. The molecular weight excluding hydrogens is 406 g/mol. The third kappa shape index (κ3) is 9.60. The zero-order chi connectivity index (χ0) is 24.4. The number of allylic oxidation sites excluding steroid dienone is 7. The summed E-state index contributed by atoms with van der Waals surface area (Å²) in [5, 5.41) is 14.8. The van der Waals surface area contributed by atoms with Crippen molar-refractivity contribution >= 4 is 18.0 Å². The SMILES string of the molecule is CO/N=C/C1=C/C[C@](C)(CCC=C(C)C)/C=C/[C@@H](OC(=O)C=C(C)C)[C@](C)(O)/C=C/C1=O. The molecule has 0 saturated carbocycles. The summed E-state index contributed by atoms with van der Waals surface area (Å²) in [5.74, 6) is -0.874. The Morgan fingerprint density at radius 1 is 1.22 bits per heavy atom. The molecule has 1 aliphatic carbocycles. The van der Waals surface area contributed by atoms with E-state index in [1.165, 1.54) is 44.0 Å². The minimum Gasteiger partial charge on any atom is -0.452 e. The van der Waals surface area contributed by atoms with Crippen LogP contribution in [0.5, 0.6) is 0 Å². The molecule has 3 atom stereocenters. The van der Waals surface area contributed by atoms with Crippen molar-refractivity contribution in [2.75, 3.05) is 7.11 Å². The Morgan fingerprint density at radius 3 is 2.50 bits per heavy atom. The molecule has 0 amide bonds. The van der Waals surface area contributed by atoms with E-state index in [2.05, 4.69) is 32.0 Å². The highest BCUT2D eigenvalue weighted by Gasteiger charge is 2.32. The number of hydrogen-bond donors (Lipinski definition) is 1. The summed E-state index contributed by atoms with van der Waals surface area (Å²) in [6.07, 6.45) is 14.3. The average molecular weight is 444 g/mol. The van der Waals surface area contributed by atoms with Crippen molar-refractivity contribution < 1.29 is 24.3 Å². The van der Waals surface area contributed by atoms with E-state index in [9.17, 15) is 14.7 Å². The highest BCUT2D eigenvalue weighted by molar-refractivity contribution is 6.18. The van der Waals surface area contributed by atoms with Crippen LogP contribution in [0.1, 0.15) is 60.8 Å². The van der Waals surface area contributed by atoms with E-state index in [1.54, 1.807) is 19.9 Å². The number of esters is 1. The monoisotopic (exact) mass is 443 g/mol. The molecule has 0 radical (unpaired) electrons. The smallest absolute Gasteiger partial charge is 0.331 e. The second kappa shape index (κ2) is 12.3. The van der Waals surface area contributed by atoms with Gasteiger partial charge in [0.15, 0.2) is 11.9 Å².